The lowest BCUT2D eigenvalue weighted by Gasteiger charge is -1.86. The molecule has 0 aromatic rings. The summed E-state index contributed by atoms with van der Waals surface area (Å²) in [5, 5.41) is 3.11. The Balaban J connectivity index is -0.0000000267. The molecule has 0 amide bonds. The quantitative estimate of drug-likeness (QED) is 0.599. The maximum absolute atomic E-state index is 8.74. The van der Waals surface area contributed by atoms with Crippen molar-refractivity contribution in [2.24, 2.45) is 0 Å². The zero-order valence-corrected chi connectivity index (χ0v) is 8.07. The second-order valence-corrected chi connectivity index (χ2v) is 2.30. The number of rotatable bonds is 2. The van der Waals surface area contributed by atoms with Crippen molar-refractivity contribution in [2.75, 3.05) is 13.1 Å². The van der Waals surface area contributed by atoms with E-state index in [0.29, 0.717) is 0 Å². The fourth-order valence-corrected chi connectivity index (χ4v) is 0.250. The minimum absolute atomic E-state index is 0. The van der Waals surface area contributed by atoms with Crippen LogP contribution >= 0.6 is 0 Å². The highest BCUT2D eigenvalue weighted by molar-refractivity contribution is 7.79. The highest BCUT2D eigenvalue weighted by atomic mass is 32.3. The molecule has 0 rings (SSSR count). The summed E-state index contributed by atoms with van der Waals surface area (Å²) in [6.45, 7) is 6.39. The predicted molar refractivity (Wildman–Crippen MR) is 45.9 cm³/mol. The van der Waals surface area contributed by atoms with E-state index in [9.17, 15) is 0 Å². The van der Waals surface area contributed by atoms with Gasteiger partial charge in [-0.25, -0.2) is 0 Å². The molecule has 0 atom stereocenters. The topological polar surface area (TPSA) is 86.6 Å². The van der Waals surface area contributed by atoms with Crippen LogP contribution in [0.5, 0.6) is 0 Å². The van der Waals surface area contributed by atoms with E-state index in [4.69, 9.17) is 17.5 Å². The second-order valence-electron chi connectivity index (χ2n) is 1.40. The smallest absolute Gasteiger partial charge is 0.317 e. The van der Waals surface area contributed by atoms with Gasteiger partial charge in [-0.3, -0.25) is 23.2 Å². The van der Waals surface area contributed by atoms with Crippen LogP contribution in [0, 0.1) is 0 Å². The lowest BCUT2D eigenvalue weighted by molar-refractivity contribution is 0.381. The van der Waals surface area contributed by atoms with Crippen molar-refractivity contribution < 1.29 is 31.6 Å². The molecule has 0 spiro atoms. The molecule has 0 aliphatic heterocycles. The SMILES string of the molecule is CCNCC.F.F.F.O=S(=O)(O)O. The van der Waals surface area contributed by atoms with Gasteiger partial charge in [0.1, 0.15) is 0 Å². The zero-order chi connectivity index (χ0) is 8.62. The first-order chi connectivity index (χ1) is 4.41. The molecule has 0 heterocycles. The molecular formula is C4H16F3NO4S. The van der Waals surface area contributed by atoms with E-state index < -0.39 is 10.4 Å². The molecule has 0 unspecified atom stereocenters. The van der Waals surface area contributed by atoms with Crippen LogP contribution in [0.15, 0.2) is 0 Å². The van der Waals surface area contributed by atoms with Crippen LogP contribution in [0.25, 0.3) is 0 Å². The van der Waals surface area contributed by atoms with E-state index in [0.717, 1.165) is 13.1 Å². The minimum atomic E-state index is -4.67. The Morgan fingerprint density at radius 1 is 1.00 bits per heavy atom. The van der Waals surface area contributed by atoms with E-state index in [2.05, 4.69) is 19.2 Å². The molecule has 0 fully saturated rings. The van der Waals surface area contributed by atoms with Gasteiger partial charge in [-0.05, 0) is 13.1 Å². The highest BCUT2D eigenvalue weighted by Gasteiger charge is 1.84. The summed E-state index contributed by atoms with van der Waals surface area (Å²) in [4.78, 5) is 0. The summed E-state index contributed by atoms with van der Waals surface area (Å²) in [6.07, 6.45) is 0. The molecule has 0 aromatic heterocycles. The Hall–Kier alpha value is -0.380. The molecule has 9 heteroatoms. The third kappa shape index (κ3) is 410. The molecule has 0 bridgehead atoms. The lowest BCUT2D eigenvalue weighted by atomic mass is 10.7. The van der Waals surface area contributed by atoms with Gasteiger partial charge in [0.05, 0.1) is 0 Å². The van der Waals surface area contributed by atoms with Gasteiger partial charge in [-0.15, -0.1) is 0 Å². The standard InChI is InChI=1S/C4H11N.3FH.H2O4S/c1-3-5-4-2;;;;1-5(2,3)4/h5H,3-4H2,1-2H3;3*1H;(H2,1,2,3,4). The van der Waals surface area contributed by atoms with Gasteiger partial charge in [0.15, 0.2) is 0 Å². The Morgan fingerprint density at radius 3 is 1.15 bits per heavy atom. The Labute approximate surface area is 75.2 Å². The van der Waals surface area contributed by atoms with E-state index in [-0.39, 0.29) is 14.1 Å². The van der Waals surface area contributed by atoms with Crippen molar-refractivity contribution in [3.63, 3.8) is 0 Å². The molecule has 0 aliphatic rings. The summed E-state index contributed by atoms with van der Waals surface area (Å²) >= 11 is 0. The molecule has 0 aliphatic carbocycles. The summed E-state index contributed by atoms with van der Waals surface area (Å²) in [7, 11) is -4.67. The minimum Gasteiger partial charge on any atom is -0.317 e. The van der Waals surface area contributed by atoms with Crippen LogP contribution in [-0.4, -0.2) is 30.6 Å². The van der Waals surface area contributed by atoms with Crippen LogP contribution in [0.1, 0.15) is 13.8 Å². The van der Waals surface area contributed by atoms with Gasteiger partial charge in [0, 0.05) is 0 Å². The van der Waals surface area contributed by atoms with Gasteiger partial charge in [0.2, 0.25) is 0 Å². The fraction of sp³-hybridized carbons (Fsp3) is 1.00. The van der Waals surface area contributed by atoms with Gasteiger partial charge >= 0.3 is 10.4 Å². The normalized spacial score (nSPS) is 7.69. The first-order valence-electron chi connectivity index (χ1n) is 2.82. The fourth-order valence-electron chi connectivity index (χ4n) is 0.250. The van der Waals surface area contributed by atoms with E-state index >= 15 is 0 Å². The molecule has 0 saturated heterocycles. The molecule has 5 nitrogen and oxygen atoms in total. The molecule has 88 valence electrons. The van der Waals surface area contributed by atoms with Crippen molar-refractivity contribution >= 4 is 10.4 Å². The summed E-state index contributed by atoms with van der Waals surface area (Å²) in [5.74, 6) is 0. The van der Waals surface area contributed by atoms with Crippen molar-refractivity contribution in [3.05, 3.63) is 0 Å². The molecular weight excluding hydrogens is 215 g/mol. The molecule has 13 heavy (non-hydrogen) atoms. The summed E-state index contributed by atoms with van der Waals surface area (Å²) < 4.78 is 31.6. The van der Waals surface area contributed by atoms with Crippen LogP contribution in [-0.2, 0) is 10.4 Å². The molecule has 0 radical (unpaired) electrons. The largest absolute Gasteiger partial charge is 0.394 e. The number of hydrogen-bond donors (Lipinski definition) is 3. The number of hydrogen-bond acceptors (Lipinski definition) is 3. The van der Waals surface area contributed by atoms with E-state index in [1.165, 1.54) is 0 Å². The van der Waals surface area contributed by atoms with E-state index in [1.54, 1.807) is 0 Å². The maximum Gasteiger partial charge on any atom is 0.394 e. The Kier molecular flexibility index (Phi) is 39.8. The van der Waals surface area contributed by atoms with Gasteiger partial charge < -0.3 is 5.32 Å². The van der Waals surface area contributed by atoms with Crippen LogP contribution in [0.4, 0.5) is 14.1 Å². The van der Waals surface area contributed by atoms with Crippen molar-refractivity contribution in [3.8, 4) is 0 Å². The second kappa shape index (κ2) is 17.6. The molecule has 0 saturated carbocycles. The third-order valence-corrected chi connectivity index (χ3v) is 0.500. The average Bonchev–Trinajstić information content (AvgIpc) is 1.63. The highest BCUT2D eigenvalue weighted by Crippen LogP contribution is 1.59. The van der Waals surface area contributed by atoms with Crippen LogP contribution in [0.2, 0.25) is 0 Å². The maximum atomic E-state index is 8.74. The number of nitrogens with one attached hydrogen (secondary N) is 1. The zero-order valence-electron chi connectivity index (χ0n) is 7.26. The van der Waals surface area contributed by atoms with Gasteiger partial charge in [-0.1, -0.05) is 13.8 Å². The summed E-state index contributed by atoms with van der Waals surface area (Å²) in [6, 6.07) is 0. The van der Waals surface area contributed by atoms with Crippen LogP contribution < -0.4 is 5.32 Å². The van der Waals surface area contributed by atoms with Crippen LogP contribution in [0.3, 0.4) is 0 Å². The summed E-state index contributed by atoms with van der Waals surface area (Å²) in [5.41, 5.74) is 0. The van der Waals surface area contributed by atoms with Crippen molar-refractivity contribution in [2.45, 2.75) is 13.8 Å². The van der Waals surface area contributed by atoms with Gasteiger partial charge in [-0.2, -0.15) is 8.42 Å². The third-order valence-electron chi connectivity index (χ3n) is 0.500. The number of halogens is 3. The Bertz CT molecular complexity index is 141. The first kappa shape index (κ1) is 29.3. The van der Waals surface area contributed by atoms with E-state index in [1.807, 2.05) is 0 Å². The Morgan fingerprint density at radius 2 is 1.15 bits per heavy atom. The van der Waals surface area contributed by atoms with Crippen molar-refractivity contribution in [1.82, 2.24) is 5.32 Å². The average molecular weight is 231 g/mol. The predicted octanol–water partition coefficient (Wildman–Crippen LogP) is 0.421. The molecule has 0 aromatic carbocycles. The molecule has 3 N–H and O–H groups in total. The van der Waals surface area contributed by atoms with Gasteiger partial charge in [0.25, 0.3) is 0 Å². The lowest BCUT2D eigenvalue weighted by Crippen LogP contribution is -2.09. The first-order valence-corrected chi connectivity index (χ1v) is 4.22. The monoisotopic (exact) mass is 231 g/mol. The van der Waals surface area contributed by atoms with Crippen molar-refractivity contribution in [1.29, 1.82) is 0 Å².